The Hall–Kier alpha value is -2.42. The molecule has 1 N–H and O–H groups in total. The predicted molar refractivity (Wildman–Crippen MR) is 77.6 cm³/mol. The van der Waals surface area contributed by atoms with E-state index in [0.29, 0.717) is 11.1 Å². The van der Waals surface area contributed by atoms with Crippen LogP contribution in [0.25, 0.3) is 10.9 Å². The molecule has 0 fully saturated rings. The molecule has 3 heteroatoms. The number of hydrogen-bond donors (Lipinski definition) is 1. The molecule has 0 spiro atoms. The Morgan fingerprint density at radius 2 is 1.80 bits per heavy atom. The molecule has 0 radical (unpaired) electrons. The second kappa shape index (κ2) is 4.60. The number of aromatic amines is 1. The number of aryl methyl sites for hydroxylation is 2. The van der Waals surface area contributed by atoms with E-state index in [2.05, 4.69) is 4.98 Å². The standard InChI is InChI=1S/C17H14FNO/c1-10-6-5-8-13(16(10)18)17(20)15-11(2)19-14-9-4-3-7-12(14)15/h3-9,19H,1-2H3. The van der Waals surface area contributed by atoms with Gasteiger partial charge in [0.1, 0.15) is 5.82 Å². The molecule has 0 aliphatic carbocycles. The van der Waals surface area contributed by atoms with E-state index < -0.39 is 5.82 Å². The molecule has 3 aromatic rings. The van der Waals surface area contributed by atoms with Crippen LogP contribution in [0.3, 0.4) is 0 Å². The van der Waals surface area contributed by atoms with Gasteiger partial charge in [-0.25, -0.2) is 4.39 Å². The quantitative estimate of drug-likeness (QED) is 0.695. The predicted octanol–water partition coefficient (Wildman–Crippen LogP) is 4.15. The normalized spacial score (nSPS) is 10.9. The first-order valence-electron chi connectivity index (χ1n) is 6.46. The van der Waals surface area contributed by atoms with Gasteiger partial charge in [0, 0.05) is 16.6 Å². The number of ketones is 1. The summed E-state index contributed by atoms with van der Waals surface area (Å²) >= 11 is 0. The monoisotopic (exact) mass is 267 g/mol. The van der Waals surface area contributed by atoms with Gasteiger partial charge >= 0.3 is 0 Å². The minimum Gasteiger partial charge on any atom is -0.358 e. The maximum Gasteiger partial charge on any atom is 0.198 e. The average Bonchev–Trinajstić information content (AvgIpc) is 2.77. The van der Waals surface area contributed by atoms with E-state index in [1.165, 1.54) is 6.07 Å². The fourth-order valence-electron chi connectivity index (χ4n) is 2.53. The molecule has 0 aliphatic rings. The Morgan fingerprint density at radius 3 is 2.60 bits per heavy atom. The molecule has 1 aromatic heterocycles. The van der Waals surface area contributed by atoms with Crippen molar-refractivity contribution in [2.24, 2.45) is 0 Å². The number of hydrogen-bond acceptors (Lipinski definition) is 1. The minimum absolute atomic E-state index is 0.123. The Labute approximate surface area is 116 Å². The summed E-state index contributed by atoms with van der Waals surface area (Å²) in [6, 6.07) is 12.5. The number of fused-ring (bicyclic) bond motifs is 1. The van der Waals surface area contributed by atoms with Gasteiger partial charge in [0.15, 0.2) is 5.78 Å². The summed E-state index contributed by atoms with van der Waals surface area (Å²) in [5.41, 5.74) is 2.80. The third-order valence-corrected chi connectivity index (χ3v) is 3.56. The molecule has 0 bridgehead atoms. The van der Waals surface area contributed by atoms with Crippen molar-refractivity contribution in [1.82, 2.24) is 4.98 Å². The maximum absolute atomic E-state index is 14.1. The molecule has 0 saturated carbocycles. The zero-order valence-corrected chi connectivity index (χ0v) is 11.3. The van der Waals surface area contributed by atoms with E-state index in [4.69, 9.17) is 0 Å². The van der Waals surface area contributed by atoms with Gasteiger partial charge in [-0.1, -0.05) is 30.3 Å². The van der Waals surface area contributed by atoms with Crippen molar-refractivity contribution in [1.29, 1.82) is 0 Å². The Bertz CT molecular complexity index is 817. The SMILES string of the molecule is Cc1cccc(C(=O)c2c(C)[nH]c3ccccc23)c1F. The average molecular weight is 267 g/mol. The summed E-state index contributed by atoms with van der Waals surface area (Å²) in [5.74, 6) is -0.719. The lowest BCUT2D eigenvalue weighted by Gasteiger charge is -2.05. The van der Waals surface area contributed by atoms with Crippen LogP contribution in [0.4, 0.5) is 4.39 Å². The molecule has 3 rings (SSSR count). The fourth-order valence-corrected chi connectivity index (χ4v) is 2.53. The Balaban J connectivity index is 2.23. The summed E-state index contributed by atoms with van der Waals surface area (Å²) in [6.45, 7) is 3.50. The van der Waals surface area contributed by atoms with Gasteiger partial charge in [0.05, 0.1) is 11.1 Å². The molecule has 0 aliphatic heterocycles. The molecule has 20 heavy (non-hydrogen) atoms. The van der Waals surface area contributed by atoms with Crippen LogP contribution < -0.4 is 0 Å². The zero-order chi connectivity index (χ0) is 14.3. The number of carbonyl (C=O) groups excluding carboxylic acids is 1. The summed E-state index contributed by atoms with van der Waals surface area (Å²) in [5, 5.41) is 0.830. The van der Waals surface area contributed by atoms with Crippen molar-refractivity contribution in [2.45, 2.75) is 13.8 Å². The molecule has 0 unspecified atom stereocenters. The highest BCUT2D eigenvalue weighted by atomic mass is 19.1. The molecular weight excluding hydrogens is 253 g/mol. The second-order valence-electron chi connectivity index (χ2n) is 4.94. The largest absolute Gasteiger partial charge is 0.358 e. The lowest BCUT2D eigenvalue weighted by molar-refractivity contribution is 0.103. The van der Waals surface area contributed by atoms with Crippen LogP contribution >= 0.6 is 0 Å². The molecule has 2 aromatic carbocycles. The highest BCUT2D eigenvalue weighted by molar-refractivity contribution is 6.17. The third kappa shape index (κ3) is 1.83. The van der Waals surface area contributed by atoms with Crippen molar-refractivity contribution >= 4 is 16.7 Å². The Kier molecular flexibility index (Phi) is 2.90. The second-order valence-corrected chi connectivity index (χ2v) is 4.94. The van der Waals surface area contributed by atoms with E-state index in [-0.39, 0.29) is 11.3 Å². The van der Waals surface area contributed by atoms with Crippen LogP contribution in [0, 0.1) is 19.7 Å². The third-order valence-electron chi connectivity index (χ3n) is 3.56. The Morgan fingerprint density at radius 1 is 1.05 bits per heavy atom. The molecule has 0 atom stereocenters. The lowest BCUT2D eigenvalue weighted by atomic mass is 9.98. The van der Waals surface area contributed by atoms with Gasteiger partial charge in [-0.05, 0) is 31.5 Å². The van der Waals surface area contributed by atoms with Gasteiger partial charge in [0.2, 0.25) is 0 Å². The molecular formula is C17H14FNO. The molecule has 0 amide bonds. The van der Waals surface area contributed by atoms with Gasteiger partial charge < -0.3 is 4.98 Å². The first-order chi connectivity index (χ1) is 9.59. The van der Waals surface area contributed by atoms with Gasteiger partial charge in [0.25, 0.3) is 0 Å². The van der Waals surface area contributed by atoms with Crippen LogP contribution in [0.1, 0.15) is 27.2 Å². The van der Waals surface area contributed by atoms with Crippen molar-refractivity contribution in [2.75, 3.05) is 0 Å². The van der Waals surface area contributed by atoms with E-state index >= 15 is 0 Å². The molecule has 0 saturated heterocycles. The van der Waals surface area contributed by atoms with Gasteiger partial charge in [-0.3, -0.25) is 4.79 Å². The first kappa shape index (κ1) is 12.6. The van der Waals surface area contributed by atoms with E-state index in [1.54, 1.807) is 19.1 Å². The summed E-state index contributed by atoms with van der Waals surface area (Å²) in [6.07, 6.45) is 0. The minimum atomic E-state index is -0.442. The van der Waals surface area contributed by atoms with Crippen LogP contribution in [0.15, 0.2) is 42.5 Å². The highest BCUT2D eigenvalue weighted by Crippen LogP contribution is 2.26. The zero-order valence-electron chi connectivity index (χ0n) is 11.3. The fraction of sp³-hybridized carbons (Fsp3) is 0.118. The number of para-hydroxylation sites is 1. The summed E-state index contributed by atoms with van der Waals surface area (Å²) in [7, 11) is 0. The number of rotatable bonds is 2. The van der Waals surface area contributed by atoms with Crippen molar-refractivity contribution in [3.05, 3.63) is 70.7 Å². The molecule has 1 heterocycles. The highest BCUT2D eigenvalue weighted by Gasteiger charge is 2.20. The van der Waals surface area contributed by atoms with E-state index in [0.717, 1.165) is 16.6 Å². The first-order valence-corrected chi connectivity index (χ1v) is 6.46. The number of benzene rings is 2. The summed E-state index contributed by atoms with van der Waals surface area (Å²) in [4.78, 5) is 15.8. The van der Waals surface area contributed by atoms with Crippen LogP contribution in [-0.4, -0.2) is 10.8 Å². The molecule has 100 valence electrons. The van der Waals surface area contributed by atoms with Crippen molar-refractivity contribution in [3.8, 4) is 0 Å². The van der Waals surface area contributed by atoms with Gasteiger partial charge in [-0.2, -0.15) is 0 Å². The number of carbonyl (C=O) groups is 1. The van der Waals surface area contributed by atoms with E-state index in [1.807, 2.05) is 31.2 Å². The number of H-pyrrole nitrogens is 1. The lowest BCUT2D eigenvalue weighted by Crippen LogP contribution is -2.06. The van der Waals surface area contributed by atoms with Gasteiger partial charge in [-0.15, -0.1) is 0 Å². The number of halogens is 1. The van der Waals surface area contributed by atoms with Crippen molar-refractivity contribution < 1.29 is 9.18 Å². The van der Waals surface area contributed by atoms with Crippen molar-refractivity contribution in [3.63, 3.8) is 0 Å². The maximum atomic E-state index is 14.1. The topological polar surface area (TPSA) is 32.9 Å². The number of nitrogens with one attached hydrogen (secondary N) is 1. The smallest absolute Gasteiger partial charge is 0.198 e. The molecule has 2 nitrogen and oxygen atoms in total. The van der Waals surface area contributed by atoms with Crippen LogP contribution in [-0.2, 0) is 0 Å². The van der Waals surface area contributed by atoms with E-state index in [9.17, 15) is 9.18 Å². The number of aromatic nitrogens is 1. The summed E-state index contributed by atoms with van der Waals surface area (Å²) < 4.78 is 14.1. The van der Waals surface area contributed by atoms with Crippen LogP contribution in [0.5, 0.6) is 0 Å². The van der Waals surface area contributed by atoms with Crippen LogP contribution in [0.2, 0.25) is 0 Å².